The Hall–Kier alpha value is -5.92. The molecule has 0 aliphatic heterocycles. The summed E-state index contributed by atoms with van der Waals surface area (Å²) in [6, 6.07) is 60.0. The Labute approximate surface area is 295 Å². The lowest BCUT2D eigenvalue weighted by Crippen LogP contribution is -2.19. The number of hydrogen-bond donors (Lipinski definition) is 0. The lowest BCUT2D eigenvalue weighted by molar-refractivity contribution is 0.607. The molecule has 0 saturated heterocycles. The highest BCUT2D eigenvalue weighted by Gasteiger charge is 2.38. The van der Waals surface area contributed by atoms with E-state index in [2.05, 4.69) is 195 Å². The van der Waals surface area contributed by atoms with Gasteiger partial charge in [-0.15, -0.1) is 0 Å². The van der Waals surface area contributed by atoms with Crippen LogP contribution in [0.25, 0.3) is 49.7 Å². The van der Waals surface area contributed by atoms with Gasteiger partial charge in [0.2, 0.25) is 0 Å². The van der Waals surface area contributed by atoms with Crippen molar-refractivity contribution < 1.29 is 0 Å². The maximum Gasteiger partial charge on any atom is 0.0546 e. The van der Waals surface area contributed by atoms with Crippen LogP contribution in [0.1, 0.15) is 37.8 Å². The minimum atomic E-state index is -0.0322. The minimum Gasteiger partial charge on any atom is -0.309 e. The Balaban J connectivity index is 1.29. The number of fused-ring (bicyclic) bond motifs is 3. The van der Waals surface area contributed by atoms with E-state index in [0.717, 1.165) is 24.2 Å². The molecule has 0 unspecified atom stereocenters. The van der Waals surface area contributed by atoms with Crippen molar-refractivity contribution in [2.24, 2.45) is 0 Å². The minimum absolute atomic E-state index is 0.0322. The van der Waals surface area contributed by atoms with Gasteiger partial charge in [0.25, 0.3) is 0 Å². The van der Waals surface area contributed by atoms with Crippen molar-refractivity contribution in [1.82, 2.24) is 0 Å². The maximum atomic E-state index is 2.51. The predicted molar refractivity (Wildman–Crippen MR) is 213 cm³/mol. The maximum absolute atomic E-state index is 2.51. The molecule has 0 N–H and O–H groups in total. The third kappa shape index (κ3) is 5.01. The molecular weight excluding hydrogens is 603 g/mol. The van der Waals surface area contributed by atoms with E-state index in [0.29, 0.717) is 0 Å². The molecule has 240 valence electrons. The fraction of sp³-hybridized carbons (Fsp3) is 0.102. The van der Waals surface area contributed by atoms with Gasteiger partial charge in [-0.1, -0.05) is 171 Å². The SMILES string of the molecule is CC1(C)C2=C(C=CCC2)c2ccc(N(c3ccccc3-c3ccc(-c4ccccc4)cc3)c3ccc4ccccc4c3-c3ccccc3)cc21. The summed E-state index contributed by atoms with van der Waals surface area (Å²) >= 11 is 0. The Morgan fingerprint density at radius 1 is 0.520 bits per heavy atom. The Kier molecular flexibility index (Phi) is 7.36. The van der Waals surface area contributed by atoms with E-state index in [9.17, 15) is 0 Å². The van der Waals surface area contributed by atoms with Crippen LogP contribution in [0, 0.1) is 0 Å². The van der Waals surface area contributed by atoms with Crippen LogP contribution in [0.2, 0.25) is 0 Å². The number of nitrogens with zero attached hydrogens (tertiary/aromatic N) is 1. The Bertz CT molecular complexity index is 2430. The lowest BCUT2D eigenvalue weighted by atomic mass is 9.78. The van der Waals surface area contributed by atoms with Crippen molar-refractivity contribution in [1.29, 1.82) is 0 Å². The third-order valence-electron chi connectivity index (χ3n) is 10.8. The van der Waals surface area contributed by atoms with Crippen LogP contribution in [0.5, 0.6) is 0 Å². The van der Waals surface area contributed by atoms with Gasteiger partial charge < -0.3 is 4.90 Å². The summed E-state index contributed by atoms with van der Waals surface area (Å²) in [6.45, 7) is 4.82. The van der Waals surface area contributed by atoms with E-state index in [1.807, 2.05) is 0 Å². The molecule has 1 heteroatoms. The molecular formula is C49H39N. The molecule has 0 spiro atoms. The van der Waals surface area contributed by atoms with Crippen LogP contribution in [-0.4, -0.2) is 0 Å². The van der Waals surface area contributed by atoms with E-state index < -0.39 is 0 Å². The molecule has 2 aliphatic rings. The fourth-order valence-corrected chi connectivity index (χ4v) is 8.30. The van der Waals surface area contributed by atoms with Gasteiger partial charge in [-0.2, -0.15) is 0 Å². The molecule has 50 heavy (non-hydrogen) atoms. The number of allylic oxidation sites excluding steroid dienone is 4. The summed E-state index contributed by atoms with van der Waals surface area (Å²) in [4.78, 5) is 2.51. The smallest absolute Gasteiger partial charge is 0.0546 e. The first-order valence-electron chi connectivity index (χ1n) is 17.8. The average molecular weight is 642 g/mol. The molecule has 0 saturated carbocycles. The Morgan fingerprint density at radius 3 is 1.98 bits per heavy atom. The summed E-state index contributed by atoms with van der Waals surface area (Å²) in [5, 5.41) is 2.48. The monoisotopic (exact) mass is 641 g/mol. The van der Waals surface area contributed by atoms with Crippen molar-refractivity contribution >= 4 is 33.4 Å². The summed E-state index contributed by atoms with van der Waals surface area (Å²) in [6.07, 6.45) is 6.93. The summed E-state index contributed by atoms with van der Waals surface area (Å²) < 4.78 is 0. The topological polar surface area (TPSA) is 3.24 Å². The van der Waals surface area contributed by atoms with Crippen LogP contribution in [0.3, 0.4) is 0 Å². The van der Waals surface area contributed by atoms with Crippen LogP contribution < -0.4 is 4.90 Å². The molecule has 0 amide bonds. The zero-order chi connectivity index (χ0) is 33.7. The molecule has 7 aromatic rings. The van der Waals surface area contributed by atoms with Gasteiger partial charge in [-0.25, -0.2) is 0 Å². The van der Waals surface area contributed by atoms with Crippen LogP contribution in [-0.2, 0) is 5.41 Å². The molecule has 2 aliphatic carbocycles. The van der Waals surface area contributed by atoms with Crippen molar-refractivity contribution in [3.63, 3.8) is 0 Å². The van der Waals surface area contributed by atoms with Crippen molar-refractivity contribution in [2.45, 2.75) is 32.1 Å². The van der Waals surface area contributed by atoms with Gasteiger partial charge in [0.15, 0.2) is 0 Å². The third-order valence-corrected chi connectivity index (χ3v) is 10.8. The number of benzene rings is 7. The first-order valence-corrected chi connectivity index (χ1v) is 17.8. The first kappa shape index (κ1) is 30.2. The molecule has 1 nitrogen and oxygen atoms in total. The summed E-state index contributed by atoms with van der Waals surface area (Å²) in [5.41, 5.74) is 16.5. The second kappa shape index (κ2) is 12.2. The van der Waals surface area contributed by atoms with Crippen LogP contribution in [0.4, 0.5) is 17.1 Å². The van der Waals surface area contributed by atoms with E-state index in [1.165, 1.54) is 66.5 Å². The van der Waals surface area contributed by atoms with Gasteiger partial charge in [0.1, 0.15) is 0 Å². The van der Waals surface area contributed by atoms with Gasteiger partial charge in [0.05, 0.1) is 11.4 Å². The molecule has 0 radical (unpaired) electrons. The van der Waals surface area contributed by atoms with Crippen molar-refractivity contribution in [3.8, 4) is 33.4 Å². The van der Waals surface area contributed by atoms with Gasteiger partial charge in [-0.05, 0) is 86.8 Å². The normalized spacial score (nSPS) is 14.4. The molecule has 0 fully saturated rings. The van der Waals surface area contributed by atoms with Gasteiger partial charge >= 0.3 is 0 Å². The largest absolute Gasteiger partial charge is 0.309 e. The average Bonchev–Trinajstić information content (AvgIpc) is 3.41. The quantitative estimate of drug-likeness (QED) is 0.175. The van der Waals surface area contributed by atoms with Crippen LogP contribution >= 0.6 is 0 Å². The molecule has 7 aromatic carbocycles. The number of para-hydroxylation sites is 1. The molecule has 0 heterocycles. The fourth-order valence-electron chi connectivity index (χ4n) is 8.30. The van der Waals surface area contributed by atoms with Crippen molar-refractivity contribution in [3.05, 3.63) is 193 Å². The highest BCUT2D eigenvalue weighted by Crippen LogP contribution is 2.53. The zero-order valence-corrected chi connectivity index (χ0v) is 28.6. The van der Waals surface area contributed by atoms with E-state index >= 15 is 0 Å². The van der Waals surface area contributed by atoms with Gasteiger partial charge in [0, 0.05) is 22.2 Å². The summed E-state index contributed by atoms with van der Waals surface area (Å²) in [7, 11) is 0. The predicted octanol–water partition coefficient (Wildman–Crippen LogP) is 13.7. The molecule has 0 bridgehead atoms. The van der Waals surface area contributed by atoms with E-state index in [1.54, 1.807) is 5.57 Å². The zero-order valence-electron chi connectivity index (χ0n) is 28.6. The standard InChI is InChI=1S/C49H39N/c1-49(2)44-23-13-11-22-42(44)43-31-30-39(33-45(43)49)50(47-32-29-36-17-9-10-21-41(36)48(47)38-18-7-4-8-19-38)46-24-14-12-20-40(46)37-27-25-35(26-28-37)34-15-5-3-6-16-34/h3-12,14-22,24-33H,13,23H2,1-2H3. The number of hydrogen-bond acceptors (Lipinski definition) is 1. The molecule has 9 rings (SSSR count). The first-order chi connectivity index (χ1) is 24.6. The molecule has 0 aromatic heterocycles. The highest BCUT2D eigenvalue weighted by atomic mass is 15.1. The number of rotatable bonds is 6. The highest BCUT2D eigenvalue weighted by molar-refractivity contribution is 6.06. The van der Waals surface area contributed by atoms with Gasteiger partial charge in [-0.3, -0.25) is 0 Å². The Morgan fingerprint density at radius 2 is 1.18 bits per heavy atom. The number of anilines is 3. The van der Waals surface area contributed by atoms with Crippen LogP contribution in [0.15, 0.2) is 182 Å². The molecule has 0 atom stereocenters. The second-order valence-corrected chi connectivity index (χ2v) is 14.0. The lowest BCUT2D eigenvalue weighted by Gasteiger charge is -2.32. The second-order valence-electron chi connectivity index (χ2n) is 14.0. The summed E-state index contributed by atoms with van der Waals surface area (Å²) in [5.74, 6) is 0. The van der Waals surface area contributed by atoms with Crippen molar-refractivity contribution in [2.75, 3.05) is 4.90 Å². The van der Waals surface area contributed by atoms with E-state index in [-0.39, 0.29) is 5.41 Å². The van der Waals surface area contributed by atoms with E-state index in [4.69, 9.17) is 0 Å².